The van der Waals surface area contributed by atoms with Crippen molar-refractivity contribution in [1.82, 2.24) is 4.57 Å². The zero-order valence-corrected chi connectivity index (χ0v) is 18.2. The van der Waals surface area contributed by atoms with Gasteiger partial charge in [0.2, 0.25) is 0 Å². The van der Waals surface area contributed by atoms with Gasteiger partial charge in [-0.25, -0.2) is 4.99 Å². The van der Waals surface area contributed by atoms with Gasteiger partial charge >= 0.3 is 0 Å². The number of nitrogens with zero attached hydrogens (tertiary/aromatic N) is 2. The highest BCUT2D eigenvalue weighted by Gasteiger charge is 2.09. The fourth-order valence-corrected chi connectivity index (χ4v) is 4.47. The van der Waals surface area contributed by atoms with Crippen molar-refractivity contribution in [1.29, 1.82) is 0 Å². The highest BCUT2D eigenvalue weighted by atomic mass is 35.5. The average molecular weight is 434 g/mol. The minimum Gasteiger partial charge on any atom is -0.330 e. The molecule has 4 rings (SSSR count). The van der Waals surface area contributed by atoms with E-state index in [0.29, 0.717) is 6.54 Å². The Bertz CT molecular complexity index is 1140. The molecule has 0 radical (unpaired) electrons. The molecule has 0 bridgehead atoms. The minimum atomic E-state index is 0.658. The molecule has 0 saturated carbocycles. The van der Waals surface area contributed by atoms with E-state index in [9.17, 15) is 0 Å². The lowest BCUT2D eigenvalue weighted by atomic mass is 10.1. The van der Waals surface area contributed by atoms with Gasteiger partial charge < -0.3 is 10.3 Å². The summed E-state index contributed by atoms with van der Waals surface area (Å²) in [7, 11) is 0. The van der Waals surface area contributed by atoms with E-state index in [1.54, 1.807) is 11.3 Å². The van der Waals surface area contributed by atoms with Crippen LogP contribution in [0.2, 0.25) is 5.02 Å². The number of halogens is 1. The summed E-state index contributed by atoms with van der Waals surface area (Å²) >= 11 is 7.76. The first-order valence-electron chi connectivity index (χ1n) is 10.0. The quantitative estimate of drug-likeness (QED) is 0.390. The van der Waals surface area contributed by atoms with E-state index in [1.807, 2.05) is 12.1 Å². The third kappa shape index (κ3) is 5.08. The Morgan fingerprint density at radius 3 is 2.23 bits per heavy atom. The van der Waals surface area contributed by atoms with E-state index in [0.717, 1.165) is 46.2 Å². The molecule has 0 fully saturated rings. The third-order valence-electron chi connectivity index (χ3n) is 5.00. The molecule has 30 heavy (non-hydrogen) atoms. The van der Waals surface area contributed by atoms with E-state index in [4.69, 9.17) is 22.3 Å². The summed E-state index contributed by atoms with van der Waals surface area (Å²) in [4.78, 5) is 5.93. The zero-order valence-electron chi connectivity index (χ0n) is 16.7. The maximum Gasteiger partial charge on any atom is 0.190 e. The van der Waals surface area contributed by atoms with Crippen molar-refractivity contribution in [2.24, 2.45) is 10.7 Å². The monoisotopic (exact) mass is 433 g/mol. The van der Waals surface area contributed by atoms with E-state index in [2.05, 4.69) is 76.7 Å². The molecule has 1 aromatic heterocycles. The Hall–Kier alpha value is -2.66. The number of hydrogen-bond donors (Lipinski definition) is 1. The molecule has 0 amide bonds. The molecule has 0 aliphatic carbocycles. The van der Waals surface area contributed by atoms with Crippen LogP contribution in [0.4, 0.5) is 5.69 Å². The smallest absolute Gasteiger partial charge is 0.190 e. The predicted molar refractivity (Wildman–Crippen MR) is 127 cm³/mol. The Kier molecular flexibility index (Phi) is 6.80. The first-order valence-corrected chi connectivity index (χ1v) is 11.3. The molecule has 2 N–H and O–H groups in total. The lowest BCUT2D eigenvalue weighted by Crippen LogP contribution is -2.17. The van der Waals surface area contributed by atoms with Crippen LogP contribution in [-0.2, 0) is 19.4 Å². The summed E-state index contributed by atoms with van der Waals surface area (Å²) in [6.07, 6.45) is 1.83. The normalized spacial score (nSPS) is 11.7. The van der Waals surface area contributed by atoms with Crippen molar-refractivity contribution >= 4 is 28.6 Å². The van der Waals surface area contributed by atoms with Crippen LogP contribution in [0.25, 0.3) is 11.3 Å². The van der Waals surface area contributed by atoms with E-state index in [-0.39, 0.29) is 0 Å². The Morgan fingerprint density at radius 2 is 1.53 bits per heavy atom. The number of aryl methyl sites for hydroxylation is 1. The highest BCUT2D eigenvalue weighted by Crippen LogP contribution is 2.23. The summed E-state index contributed by atoms with van der Waals surface area (Å²) in [6.45, 7) is 1.51. The summed E-state index contributed by atoms with van der Waals surface area (Å²) in [5, 5.41) is 2.92. The molecular weight excluding hydrogens is 410 g/mol. The molecule has 3 nitrogen and oxygen atoms in total. The van der Waals surface area contributed by atoms with Crippen molar-refractivity contribution in [3.05, 3.63) is 105 Å². The third-order valence-corrected chi connectivity index (χ3v) is 6.11. The van der Waals surface area contributed by atoms with Gasteiger partial charge in [-0.3, -0.25) is 0 Å². The SMILES string of the molecule is NCCc1ccc(/N=c2\scc(-c3ccc(Cl)cc3)n2CCc2ccccc2)cc1. The molecule has 0 atom stereocenters. The number of hydrogen-bond acceptors (Lipinski definition) is 3. The van der Waals surface area contributed by atoms with Crippen LogP contribution in [0.1, 0.15) is 11.1 Å². The van der Waals surface area contributed by atoms with Crippen LogP contribution >= 0.6 is 22.9 Å². The summed E-state index contributed by atoms with van der Waals surface area (Å²) < 4.78 is 2.30. The van der Waals surface area contributed by atoms with Gasteiger partial charge in [-0.2, -0.15) is 0 Å². The van der Waals surface area contributed by atoms with E-state index >= 15 is 0 Å². The fourth-order valence-electron chi connectivity index (χ4n) is 3.39. The molecule has 0 spiro atoms. The second kappa shape index (κ2) is 9.90. The average Bonchev–Trinajstić information content (AvgIpc) is 3.17. The number of rotatable bonds is 7. The molecule has 5 heteroatoms. The summed E-state index contributed by atoms with van der Waals surface area (Å²) in [6, 6.07) is 26.9. The Balaban J connectivity index is 1.71. The summed E-state index contributed by atoms with van der Waals surface area (Å²) in [5.74, 6) is 0. The molecule has 0 saturated heterocycles. The molecule has 0 unspecified atom stereocenters. The van der Waals surface area contributed by atoms with Gasteiger partial charge in [0.05, 0.1) is 11.4 Å². The lowest BCUT2D eigenvalue weighted by molar-refractivity contribution is 0.684. The number of aromatic nitrogens is 1. The van der Waals surface area contributed by atoms with Crippen LogP contribution in [0.15, 0.2) is 89.2 Å². The number of benzene rings is 3. The lowest BCUT2D eigenvalue weighted by Gasteiger charge is -2.10. The highest BCUT2D eigenvalue weighted by molar-refractivity contribution is 7.07. The van der Waals surface area contributed by atoms with Crippen LogP contribution in [0.5, 0.6) is 0 Å². The summed E-state index contributed by atoms with van der Waals surface area (Å²) in [5.41, 5.74) is 11.5. The van der Waals surface area contributed by atoms with Crippen LogP contribution in [-0.4, -0.2) is 11.1 Å². The fraction of sp³-hybridized carbons (Fsp3) is 0.160. The maximum absolute atomic E-state index is 6.10. The largest absolute Gasteiger partial charge is 0.330 e. The maximum atomic E-state index is 6.10. The number of thiazole rings is 1. The first-order chi connectivity index (χ1) is 14.7. The van der Waals surface area contributed by atoms with Gasteiger partial charge in [0.1, 0.15) is 0 Å². The van der Waals surface area contributed by atoms with Gasteiger partial charge in [0.15, 0.2) is 4.80 Å². The van der Waals surface area contributed by atoms with Crippen molar-refractivity contribution in [3.8, 4) is 11.3 Å². The Morgan fingerprint density at radius 1 is 0.833 bits per heavy atom. The van der Waals surface area contributed by atoms with Gasteiger partial charge in [-0.05, 0) is 60.3 Å². The second-order valence-corrected chi connectivity index (χ2v) is 8.39. The zero-order chi connectivity index (χ0) is 20.8. The van der Waals surface area contributed by atoms with Gasteiger partial charge in [0, 0.05) is 16.9 Å². The minimum absolute atomic E-state index is 0.658. The topological polar surface area (TPSA) is 43.3 Å². The molecular formula is C25H24ClN3S. The molecule has 0 aliphatic rings. The predicted octanol–water partition coefficient (Wildman–Crippen LogP) is 5.85. The Labute approximate surface area is 186 Å². The molecule has 0 aliphatic heterocycles. The van der Waals surface area contributed by atoms with E-state index in [1.165, 1.54) is 11.1 Å². The van der Waals surface area contributed by atoms with Gasteiger partial charge in [0.25, 0.3) is 0 Å². The van der Waals surface area contributed by atoms with Crippen molar-refractivity contribution in [2.45, 2.75) is 19.4 Å². The van der Waals surface area contributed by atoms with Crippen molar-refractivity contribution in [3.63, 3.8) is 0 Å². The van der Waals surface area contributed by atoms with E-state index < -0.39 is 0 Å². The van der Waals surface area contributed by atoms with Crippen LogP contribution in [0.3, 0.4) is 0 Å². The van der Waals surface area contributed by atoms with Crippen LogP contribution in [0, 0.1) is 0 Å². The number of nitrogens with two attached hydrogens (primary N) is 1. The van der Waals surface area contributed by atoms with Gasteiger partial charge in [-0.1, -0.05) is 66.2 Å². The molecule has 3 aromatic carbocycles. The van der Waals surface area contributed by atoms with Gasteiger partial charge in [-0.15, -0.1) is 11.3 Å². The van der Waals surface area contributed by atoms with Crippen molar-refractivity contribution < 1.29 is 0 Å². The van der Waals surface area contributed by atoms with Crippen molar-refractivity contribution in [2.75, 3.05) is 6.54 Å². The molecule has 152 valence electrons. The molecule has 1 heterocycles. The molecule has 4 aromatic rings. The standard InChI is InChI=1S/C25H24ClN3S/c26-22-10-8-21(9-11-22)24-18-30-25(28-23-12-6-20(7-13-23)14-16-27)29(24)17-15-19-4-2-1-3-5-19/h1-13,18H,14-17,27H2/b28-25-. The second-order valence-electron chi connectivity index (χ2n) is 7.11. The first kappa shape index (κ1) is 20.6. The van der Waals surface area contributed by atoms with Crippen LogP contribution < -0.4 is 10.5 Å².